The zero-order chi connectivity index (χ0) is 17.6. The molecule has 0 unspecified atom stereocenters. The van der Waals surface area contributed by atoms with E-state index in [9.17, 15) is 9.90 Å². The van der Waals surface area contributed by atoms with Crippen LogP contribution in [-0.4, -0.2) is 21.2 Å². The van der Waals surface area contributed by atoms with Gasteiger partial charge < -0.3 is 14.0 Å². The average Bonchev–Trinajstić information content (AvgIpc) is 3.25. The van der Waals surface area contributed by atoms with Crippen LogP contribution in [0.15, 0.2) is 51.4 Å². The van der Waals surface area contributed by atoms with Gasteiger partial charge in [-0.15, -0.1) is 0 Å². The Morgan fingerprint density at radius 3 is 2.60 bits per heavy atom. The first-order valence-corrected chi connectivity index (χ1v) is 7.71. The number of nitrogens with zero attached hydrogens (tertiary/aromatic N) is 2. The van der Waals surface area contributed by atoms with Gasteiger partial charge in [-0.3, -0.25) is 0 Å². The molecule has 0 radical (unpaired) electrons. The van der Waals surface area contributed by atoms with Crippen LogP contribution < -0.4 is 0 Å². The Bertz CT molecular complexity index is 1070. The molecule has 2 aromatic heterocycles. The normalized spacial score (nSPS) is 11.1. The number of carbonyl (C=O) groups is 1. The van der Waals surface area contributed by atoms with Crippen LogP contribution in [0.25, 0.3) is 34.0 Å². The lowest BCUT2D eigenvalue weighted by Crippen LogP contribution is -1.99. The molecule has 0 amide bonds. The minimum atomic E-state index is -1.04. The highest BCUT2D eigenvalue weighted by Gasteiger charge is 2.19. The van der Waals surface area contributed by atoms with Gasteiger partial charge in [-0.25, -0.2) is 4.79 Å². The van der Waals surface area contributed by atoms with Crippen LogP contribution in [-0.2, 0) is 0 Å². The Balaban J connectivity index is 1.82. The van der Waals surface area contributed by atoms with E-state index < -0.39 is 5.97 Å². The number of carboxylic acid groups (broad SMARTS) is 1. The Morgan fingerprint density at radius 1 is 1.08 bits per heavy atom. The maximum atomic E-state index is 11.4. The zero-order valence-corrected chi connectivity index (χ0v) is 13.6. The largest absolute Gasteiger partial charge is 0.478 e. The second-order valence-corrected chi connectivity index (χ2v) is 5.83. The van der Waals surface area contributed by atoms with Crippen LogP contribution in [0.1, 0.15) is 21.5 Å². The molecule has 0 aliphatic heterocycles. The van der Waals surface area contributed by atoms with E-state index in [4.69, 9.17) is 8.94 Å². The van der Waals surface area contributed by atoms with Crippen LogP contribution in [0, 0.1) is 13.8 Å². The van der Waals surface area contributed by atoms with Crippen LogP contribution >= 0.6 is 0 Å². The number of fused-ring (bicyclic) bond motifs is 1. The van der Waals surface area contributed by atoms with Crippen molar-refractivity contribution in [3.05, 3.63) is 59.2 Å². The summed E-state index contributed by atoms with van der Waals surface area (Å²) in [5, 5.41) is 14.2. The van der Waals surface area contributed by atoms with Gasteiger partial charge in [-0.05, 0) is 37.1 Å². The van der Waals surface area contributed by atoms with Crippen LogP contribution in [0.3, 0.4) is 0 Å². The number of benzene rings is 2. The van der Waals surface area contributed by atoms with Crippen molar-refractivity contribution in [3.63, 3.8) is 0 Å². The van der Waals surface area contributed by atoms with Crippen molar-refractivity contribution in [2.24, 2.45) is 0 Å². The number of aromatic carboxylic acids is 1. The van der Waals surface area contributed by atoms with Crippen molar-refractivity contribution in [1.29, 1.82) is 0 Å². The van der Waals surface area contributed by atoms with E-state index in [2.05, 4.69) is 10.1 Å². The lowest BCUT2D eigenvalue weighted by Gasteiger charge is -1.99. The summed E-state index contributed by atoms with van der Waals surface area (Å²) in [5.41, 5.74) is 3.40. The summed E-state index contributed by atoms with van der Waals surface area (Å²) in [6.45, 7) is 3.97. The minimum absolute atomic E-state index is 0.117. The predicted molar refractivity (Wildman–Crippen MR) is 91.4 cm³/mol. The number of carboxylic acids is 1. The molecule has 0 atom stereocenters. The van der Waals surface area contributed by atoms with E-state index in [-0.39, 0.29) is 17.3 Å². The highest BCUT2D eigenvalue weighted by Crippen LogP contribution is 2.32. The summed E-state index contributed by atoms with van der Waals surface area (Å²) in [5.74, 6) is -0.164. The molecule has 0 fully saturated rings. The number of hydrogen-bond donors (Lipinski definition) is 1. The number of aromatic nitrogens is 2. The quantitative estimate of drug-likeness (QED) is 0.595. The fraction of sp³-hybridized carbons (Fsp3) is 0.105. The van der Waals surface area contributed by atoms with Gasteiger partial charge in [0.1, 0.15) is 5.58 Å². The fourth-order valence-corrected chi connectivity index (χ4v) is 2.80. The van der Waals surface area contributed by atoms with Gasteiger partial charge >= 0.3 is 5.97 Å². The van der Waals surface area contributed by atoms with E-state index in [0.29, 0.717) is 11.3 Å². The summed E-state index contributed by atoms with van der Waals surface area (Å²) < 4.78 is 11.2. The molecule has 2 aromatic carbocycles. The lowest BCUT2D eigenvalue weighted by atomic mass is 10.1. The standard InChI is InChI=1S/C19H14N2O4/c1-10-7-8-11(2)16-14(10)9-15(24-16)18-20-17(21-25-18)12-5-3-4-6-13(12)19(22)23/h3-9H,1-2H3,(H,22,23). The smallest absolute Gasteiger partial charge is 0.336 e. The van der Waals surface area contributed by atoms with E-state index in [1.807, 2.05) is 32.0 Å². The first-order chi connectivity index (χ1) is 12.0. The Morgan fingerprint density at radius 2 is 1.84 bits per heavy atom. The van der Waals surface area contributed by atoms with Gasteiger partial charge in [0.05, 0.1) is 5.56 Å². The highest BCUT2D eigenvalue weighted by molar-refractivity contribution is 5.95. The molecule has 6 heteroatoms. The topological polar surface area (TPSA) is 89.4 Å². The molecule has 0 bridgehead atoms. The van der Waals surface area contributed by atoms with Crippen LogP contribution in [0.5, 0.6) is 0 Å². The fourth-order valence-electron chi connectivity index (χ4n) is 2.80. The zero-order valence-electron chi connectivity index (χ0n) is 13.6. The minimum Gasteiger partial charge on any atom is -0.478 e. The third-order valence-corrected chi connectivity index (χ3v) is 4.13. The van der Waals surface area contributed by atoms with E-state index in [1.54, 1.807) is 18.2 Å². The number of hydrogen-bond acceptors (Lipinski definition) is 5. The molecule has 124 valence electrons. The van der Waals surface area contributed by atoms with Crippen molar-refractivity contribution in [3.8, 4) is 23.0 Å². The molecule has 0 aliphatic carbocycles. The van der Waals surface area contributed by atoms with Gasteiger partial charge in [0.15, 0.2) is 5.76 Å². The lowest BCUT2D eigenvalue weighted by molar-refractivity contribution is 0.0697. The number of aryl methyl sites for hydroxylation is 2. The summed E-state index contributed by atoms with van der Waals surface area (Å²) in [6.07, 6.45) is 0. The van der Waals surface area contributed by atoms with Gasteiger partial charge in [-0.2, -0.15) is 4.98 Å². The van der Waals surface area contributed by atoms with Gasteiger partial charge in [0, 0.05) is 10.9 Å². The third-order valence-electron chi connectivity index (χ3n) is 4.13. The molecule has 0 saturated carbocycles. The maximum Gasteiger partial charge on any atom is 0.336 e. The van der Waals surface area contributed by atoms with Gasteiger partial charge in [-0.1, -0.05) is 35.5 Å². The molecule has 6 nitrogen and oxygen atoms in total. The molecule has 4 rings (SSSR count). The average molecular weight is 334 g/mol. The van der Waals surface area contributed by atoms with Crippen molar-refractivity contribution < 1.29 is 18.8 Å². The monoisotopic (exact) mass is 334 g/mol. The van der Waals surface area contributed by atoms with Crippen LogP contribution in [0.4, 0.5) is 0 Å². The maximum absolute atomic E-state index is 11.4. The highest BCUT2D eigenvalue weighted by atomic mass is 16.5. The molecule has 0 spiro atoms. The van der Waals surface area contributed by atoms with Crippen molar-refractivity contribution >= 4 is 16.9 Å². The number of furan rings is 1. The summed E-state index contributed by atoms with van der Waals surface area (Å²) in [6, 6.07) is 12.4. The molecule has 25 heavy (non-hydrogen) atoms. The molecule has 0 saturated heterocycles. The molecular weight excluding hydrogens is 320 g/mol. The Hall–Kier alpha value is -3.41. The Kier molecular flexibility index (Phi) is 3.39. The van der Waals surface area contributed by atoms with E-state index >= 15 is 0 Å². The third kappa shape index (κ3) is 2.48. The first-order valence-electron chi connectivity index (χ1n) is 7.71. The molecule has 1 N–H and O–H groups in total. The second kappa shape index (κ2) is 5.59. The van der Waals surface area contributed by atoms with E-state index in [0.717, 1.165) is 22.1 Å². The van der Waals surface area contributed by atoms with Gasteiger partial charge in [0.2, 0.25) is 5.82 Å². The van der Waals surface area contributed by atoms with Crippen molar-refractivity contribution in [2.75, 3.05) is 0 Å². The first kappa shape index (κ1) is 15.1. The summed E-state index contributed by atoms with van der Waals surface area (Å²) in [7, 11) is 0. The molecule has 0 aliphatic rings. The summed E-state index contributed by atoms with van der Waals surface area (Å²) >= 11 is 0. The van der Waals surface area contributed by atoms with Crippen molar-refractivity contribution in [2.45, 2.75) is 13.8 Å². The molecule has 2 heterocycles. The molecular formula is C19H14N2O4. The SMILES string of the molecule is Cc1ccc(C)c2oc(-c3nc(-c4ccccc4C(=O)O)no3)cc12. The molecule has 4 aromatic rings. The number of rotatable bonds is 3. The van der Waals surface area contributed by atoms with Gasteiger partial charge in [0.25, 0.3) is 5.89 Å². The predicted octanol–water partition coefficient (Wildman–Crippen LogP) is 4.46. The van der Waals surface area contributed by atoms with Crippen LogP contribution in [0.2, 0.25) is 0 Å². The van der Waals surface area contributed by atoms with Crippen molar-refractivity contribution in [1.82, 2.24) is 10.1 Å². The Labute approximate surface area is 142 Å². The van der Waals surface area contributed by atoms with E-state index in [1.165, 1.54) is 6.07 Å². The summed E-state index contributed by atoms with van der Waals surface area (Å²) in [4.78, 5) is 15.7. The second-order valence-electron chi connectivity index (χ2n) is 5.83.